The van der Waals surface area contributed by atoms with Crippen LogP contribution in [0, 0.1) is 0 Å². The summed E-state index contributed by atoms with van der Waals surface area (Å²) in [7, 11) is 0. The van der Waals surface area contributed by atoms with Crippen molar-refractivity contribution in [1.82, 2.24) is 0 Å². The number of carbonyl (C=O) groups excluding carboxylic acids is 1. The predicted octanol–water partition coefficient (Wildman–Crippen LogP) is 6.31. The summed E-state index contributed by atoms with van der Waals surface area (Å²) in [6, 6.07) is 24.7. The van der Waals surface area contributed by atoms with E-state index < -0.39 is 0 Å². The van der Waals surface area contributed by atoms with E-state index >= 15 is 0 Å². The molecule has 0 N–H and O–H groups in total. The molecule has 31 heavy (non-hydrogen) atoms. The molecule has 4 nitrogen and oxygen atoms in total. The largest absolute Gasteiger partial charge is 0.490 e. The Balaban J connectivity index is 1.45. The van der Waals surface area contributed by atoms with Crippen LogP contribution in [-0.2, 0) is 4.79 Å². The van der Waals surface area contributed by atoms with Gasteiger partial charge in [-0.25, -0.2) is 0 Å². The maximum absolute atomic E-state index is 13.0. The monoisotopic (exact) mass is 511 g/mol. The molecule has 1 fully saturated rings. The van der Waals surface area contributed by atoms with Crippen LogP contribution in [-0.4, -0.2) is 23.4 Å². The average Bonchev–Trinajstić information content (AvgIpc) is 3.06. The van der Waals surface area contributed by atoms with E-state index in [1.807, 2.05) is 84.9 Å². The minimum Gasteiger partial charge on any atom is -0.490 e. The molecule has 7 heteroatoms. The zero-order valence-electron chi connectivity index (χ0n) is 16.4. The van der Waals surface area contributed by atoms with Crippen molar-refractivity contribution in [2.75, 3.05) is 18.1 Å². The first-order chi connectivity index (χ1) is 15.1. The van der Waals surface area contributed by atoms with E-state index in [1.165, 1.54) is 11.8 Å². The van der Waals surface area contributed by atoms with E-state index in [0.717, 1.165) is 21.5 Å². The highest BCUT2D eigenvalue weighted by molar-refractivity contribution is 9.10. The number of anilines is 1. The summed E-state index contributed by atoms with van der Waals surface area (Å²) in [5.41, 5.74) is 1.57. The Hall–Kier alpha value is -2.61. The van der Waals surface area contributed by atoms with E-state index in [1.54, 1.807) is 4.90 Å². The lowest BCUT2D eigenvalue weighted by atomic mass is 10.2. The fraction of sp³-hybridized carbons (Fsp3) is 0.0833. The summed E-state index contributed by atoms with van der Waals surface area (Å²) in [6.07, 6.45) is 1.82. The number of halogens is 1. The Morgan fingerprint density at radius 3 is 2.35 bits per heavy atom. The highest BCUT2D eigenvalue weighted by Gasteiger charge is 2.33. The molecule has 0 spiro atoms. The van der Waals surface area contributed by atoms with Crippen molar-refractivity contribution in [3.8, 4) is 11.5 Å². The van der Waals surface area contributed by atoms with Gasteiger partial charge >= 0.3 is 0 Å². The number of thiocarbonyl (C=S) groups is 1. The smallest absolute Gasteiger partial charge is 0.270 e. The molecule has 0 saturated carbocycles. The Kier molecular flexibility index (Phi) is 7.06. The lowest BCUT2D eigenvalue weighted by Gasteiger charge is -2.14. The van der Waals surface area contributed by atoms with Gasteiger partial charge in [-0.1, -0.05) is 76.3 Å². The van der Waals surface area contributed by atoms with Gasteiger partial charge in [0.15, 0.2) is 4.32 Å². The summed E-state index contributed by atoms with van der Waals surface area (Å²) in [5.74, 6) is 1.35. The Morgan fingerprint density at radius 2 is 1.58 bits per heavy atom. The molecule has 0 radical (unpaired) electrons. The second kappa shape index (κ2) is 10.1. The highest BCUT2D eigenvalue weighted by atomic mass is 79.9. The first-order valence-electron chi connectivity index (χ1n) is 9.55. The minimum absolute atomic E-state index is 0.139. The Morgan fingerprint density at radius 1 is 0.903 bits per heavy atom. The Bertz CT molecular complexity index is 1120. The fourth-order valence-electron chi connectivity index (χ4n) is 2.98. The van der Waals surface area contributed by atoms with E-state index in [4.69, 9.17) is 21.7 Å². The second-order valence-electron chi connectivity index (χ2n) is 6.54. The molecule has 1 amide bonds. The van der Waals surface area contributed by atoms with E-state index in [-0.39, 0.29) is 5.91 Å². The highest BCUT2D eigenvalue weighted by Crippen LogP contribution is 2.37. The summed E-state index contributed by atoms with van der Waals surface area (Å²) in [6.45, 7) is 0.809. The van der Waals surface area contributed by atoms with Gasteiger partial charge in [0.05, 0.1) is 10.6 Å². The van der Waals surface area contributed by atoms with Gasteiger partial charge in [0, 0.05) is 10.0 Å². The third kappa shape index (κ3) is 5.36. The number of nitrogens with zero attached hydrogens (tertiary/aromatic N) is 1. The lowest BCUT2D eigenvalue weighted by Crippen LogP contribution is -2.27. The van der Waals surface area contributed by atoms with Crippen LogP contribution in [0.15, 0.2) is 88.2 Å². The van der Waals surface area contributed by atoms with Crippen LogP contribution in [0.25, 0.3) is 6.08 Å². The Labute approximate surface area is 199 Å². The van der Waals surface area contributed by atoms with Crippen molar-refractivity contribution < 1.29 is 14.3 Å². The molecule has 0 bridgehead atoms. The van der Waals surface area contributed by atoms with Gasteiger partial charge in [-0.3, -0.25) is 9.69 Å². The van der Waals surface area contributed by atoms with Crippen LogP contribution in [0.2, 0.25) is 0 Å². The fourth-order valence-corrected chi connectivity index (χ4v) is 4.54. The normalized spacial score (nSPS) is 14.9. The first-order valence-corrected chi connectivity index (χ1v) is 11.6. The summed E-state index contributed by atoms with van der Waals surface area (Å²) < 4.78 is 13.0. The lowest BCUT2D eigenvalue weighted by molar-refractivity contribution is -0.113. The third-order valence-corrected chi connectivity index (χ3v) is 6.27. The molecular weight excluding hydrogens is 494 g/mol. The summed E-state index contributed by atoms with van der Waals surface area (Å²) in [4.78, 5) is 15.1. The molecule has 0 unspecified atom stereocenters. The molecule has 0 aromatic heterocycles. The minimum atomic E-state index is -0.139. The number of para-hydroxylation sites is 2. The molecule has 3 aromatic carbocycles. The third-order valence-electron chi connectivity index (χ3n) is 4.44. The van der Waals surface area contributed by atoms with Gasteiger partial charge in [-0.05, 0) is 48.5 Å². The average molecular weight is 512 g/mol. The zero-order chi connectivity index (χ0) is 21.6. The first kappa shape index (κ1) is 21.6. The number of ether oxygens (including phenoxy) is 2. The standard InChI is InChI=1S/C24H18BrNO3S2/c25-18-10-12-19(13-11-18)26-23(27)22(31-24(26)30)16-17-6-4-5-9-21(17)29-15-14-28-20-7-2-1-3-8-20/h1-13,16H,14-15H2/b22-16+. The number of hydrogen-bond acceptors (Lipinski definition) is 5. The van der Waals surface area contributed by atoms with Gasteiger partial charge in [-0.15, -0.1) is 0 Å². The van der Waals surface area contributed by atoms with Crippen molar-refractivity contribution in [1.29, 1.82) is 0 Å². The number of benzene rings is 3. The van der Waals surface area contributed by atoms with Gasteiger partial charge in [0.2, 0.25) is 0 Å². The second-order valence-corrected chi connectivity index (χ2v) is 9.13. The van der Waals surface area contributed by atoms with Gasteiger partial charge in [0.25, 0.3) is 5.91 Å². The molecule has 4 rings (SSSR count). The van der Waals surface area contributed by atoms with Crippen LogP contribution >= 0.6 is 39.9 Å². The number of thioether (sulfide) groups is 1. The number of amides is 1. The van der Waals surface area contributed by atoms with Crippen molar-refractivity contribution in [2.24, 2.45) is 0 Å². The van der Waals surface area contributed by atoms with Crippen molar-refractivity contribution in [3.05, 3.63) is 93.8 Å². The predicted molar refractivity (Wildman–Crippen MR) is 134 cm³/mol. The molecule has 0 aliphatic carbocycles. The van der Waals surface area contributed by atoms with Crippen molar-refractivity contribution in [3.63, 3.8) is 0 Å². The van der Waals surface area contributed by atoms with Gasteiger partial charge in [0.1, 0.15) is 24.7 Å². The molecular formula is C24H18BrNO3S2. The van der Waals surface area contributed by atoms with Crippen molar-refractivity contribution in [2.45, 2.75) is 0 Å². The van der Waals surface area contributed by atoms with Crippen LogP contribution < -0.4 is 14.4 Å². The van der Waals surface area contributed by atoms with Crippen LogP contribution in [0.1, 0.15) is 5.56 Å². The maximum Gasteiger partial charge on any atom is 0.270 e. The molecule has 156 valence electrons. The van der Waals surface area contributed by atoms with Crippen molar-refractivity contribution >= 4 is 61.9 Å². The van der Waals surface area contributed by atoms with E-state index in [2.05, 4.69) is 15.9 Å². The number of hydrogen-bond donors (Lipinski definition) is 0. The van der Waals surface area contributed by atoms with E-state index in [9.17, 15) is 4.79 Å². The zero-order valence-corrected chi connectivity index (χ0v) is 19.6. The summed E-state index contributed by atoms with van der Waals surface area (Å²) in [5, 5.41) is 0. The topological polar surface area (TPSA) is 38.8 Å². The molecule has 0 atom stereocenters. The van der Waals surface area contributed by atoms with Gasteiger partial charge in [-0.2, -0.15) is 0 Å². The molecule has 1 heterocycles. The molecule has 1 saturated heterocycles. The van der Waals surface area contributed by atoms with Gasteiger partial charge < -0.3 is 9.47 Å². The van der Waals surface area contributed by atoms with Crippen LogP contribution in [0.3, 0.4) is 0 Å². The number of carbonyl (C=O) groups is 1. The van der Waals surface area contributed by atoms with Crippen LogP contribution in [0.5, 0.6) is 11.5 Å². The maximum atomic E-state index is 13.0. The quantitative estimate of drug-likeness (QED) is 0.211. The van der Waals surface area contributed by atoms with E-state index in [0.29, 0.717) is 28.2 Å². The number of rotatable bonds is 7. The molecule has 3 aromatic rings. The van der Waals surface area contributed by atoms with Crippen LogP contribution in [0.4, 0.5) is 5.69 Å². The SMILES string of the molecule is O=C1/C(=C\c2ccccc2OCCOc2ccccc2)SC(=S)N1c1ccc(Br)cc1. The summed E-state index contributed by atoms with van der Waals surface area (Å²) >= 11 is 10.2. The molecule has 1 aliphatic heterocycles. The molecule has 1 aliphatic rings.